The summed E-state index contributed by atoms with van der Waals surface area (Å²) in [4.78, 5) is 11.9. The Hall–Kier alpha value is -6.42. The average Bonchev–Trinajstić information content (AvgIpc) is 3.63. The molecule has 5 nitrogen and oxygen atoms in total. The quantitative estimate of drug-likeness (QED) is 0.142. The zero-order valence-corrected chi connectivity index (χ0v) is 42.4. The average molecular weight is 1060 g/mol. The fourth-order valence-corrected chi connectivity index (χ4v) is 9.99. The molecule has 10 rings (SSSR count). The zero-order chi connectivity index (χ0) is 46.0. The van der Waals surface area contributed by atoms with Crippen LogP contribution in [0.25, 0.3) is 33.4 Å². The molecule has 0 amide bonds. The van der Waals surface area contributed by atoms with Crippen LogP contribution in [0.3, 0.4) is 0 Å². The summed E-state index contributed by atoms with van der Waals surface area (Å²) in [7, 11) is 0. The number of para-hydroxylation sites is 3. The van der Waals surface area contributed by atoms with Crippen LogP contribution in [0, 0.1) is 39.6 Å². The van der Waals surface area contributed by atoms with Crippen molar-refractivity contribution in [2.75, 3.05) is 14.7 Å². The van der Waals surface area contributed by atoms with E-state index < -0.39 is 0 Å². The van der Waals surface area contributed by atoms with Crippen LogP contribution in [0.1, 0.15) is 93.7 Å². The number of benzene rings is 7. The second-order valence-electron chi connectivity index (χ2n) is 19.6. The second kappa shape index (κ2) is 18.0. The number of ether oxygens (including phenoxy) is 1. The van der Waals surface area contributed by atoms with Gasteiger partial charge in [-0.05, 0) is 125 Å². The van der Waals surface area contributed by atoms with Gasteiger partial charge in [-0.3, -0.25) is 0 Å². The Bertz CT molecular complexity index is 3110. The smallest absolute Gasteiger partial charge is 0.135 e. The van der Waals surface area contributed by atoms with Crippen molar-refractivity contribution in [3.8, 4) is 44.9 Å². The number of nitrogens with zero attached hydrogens (tertiary/aromatic N) is 4. The summed E-state index contributed by atoms with van der Waals surface area (Å²) in [6, 6.07) is 57.4. The molecule has 0 fully saturated rings. The molecular formula is C61H57N4OPt-3. The third-order valence-corrected chi connectivity index (χ3v) is 13.1. The third kappa shape index (κ3) is 8.37. The van der Waals surface area contributed by atoms with Crippen LogP contribution in [0.4, 0.5) is 39.9 Å². The van der Waals surface area contributed by atoms with E-state index in [1.54, 1.807) is 0 Å². The van der Waals surface area contributed by atoms with Crippen LogP contribution in [-0.2, 0) is 26.5 Å². The summed E-state index contributed by atoms with van der Waals surface area (Å²) in [5, 5.41) is 0. The van der Waals surface area contributed by atoms with Gasteiger partial charge in [-0.15, -0.1) is 48.3 Å². The first-order valence-corrected chi connectivity index (χ1v) is 23.3. The van der Waals surface area contributed by atoms with E-state index in [0.717, 1.165) is 56.5 Å². The largest absolute Gasteiger partial charge is 0.509 e. The molecule has 1 aromatic heterocycles. The summed E-state index contributed by atoms with van der Waals surface area (Å²) < 4.78 is 6.79. The van der Waals surface area contributed by atoms with Crippen molar-refractivity contribution in [3.63, 3.8) is 0 Å². The number of hydrogen-bond acceptors (Lipinski definition) is 5. The molecule has 3 heterocycles. The van der Waals surface area contributed by atoms with Gasteiger partial charge in [0, 0.05) is 61.4 Å². The Kier molecular flexibility index (Phi) is 12.3. The van der Waals surface area contributed by atoms with Gasteiger partial charge < -0.3 is 19.4 Å². The normalized spacial score (nSPS) is 12.9. The van der Waals surface area contributed by atoms with Gasteiger partial charge in [0.05, 0.1) is 5.69 Å². The molecule has 0 bridgehead atoms. The Morgan fingerprint density at radius 1 is 0.582 bits per heavy atom. The fraction of sp³-hybridized carbons (Fsp3) is 0.213. The Balaban J connectivity index is 0.00000562. The van der Waals surface area contributed by atoms with E-state index in [0.29, 0.717) is 11.5 Å². The zero-order valence-electron chi connectivity index (χ0n) is 40.1. The first-order valence-electron chi connectivity index (χ1n) is 23.3. The summed E-state index contributed by atoms with van der Waals surface area (Å²) in [6.45, 7) is 24.9. The molecule has 0 saturated heterocycles. The van der Waals surface area contributed by atoms with Gasteiger partial charge >= 0.3 is 0 Å². The minimum atomic E-state index is -0.0627. The molecule has 7 aromatic carbocycles. The van der Waals surface area contributed by atoms with E-state index in [-0.39, 0.29) is 38.3 Å². The summed E-state index contributed by atoms with van der Waals surface area (Å²) in [6.07, 6.45) is 1.92. The summed E-state index contributed by atoms with van der Waals surface area (Å²) >= 11 is 0. The fourth-order valence-electron chi connectivity index (χ4n) is 9.99. The van der Waals surface area contributed by atoms with Crippen LogP contribution in [-0.4, -0.2) is 4.98 Å². The Morgan fingerprint density at radius 2 is 1.16 bits per heavy atom. The number of aromatic nitrogens is 1. The maximum absolute atomic E-state index is 6.79. The van der Waals surface area contributed by atoms with Crippen LogP contribution in [0.15, 0.2) is 146 Å². The van der Waals surface area contributed by atoms with E-state index in [9.17, 15) is 0 Å². The summed E-state index contributed by atoms with van der Waals surface area (Å²) in [5.74, 6) is 2.59. The van der Waals surface area contributed by atoms with Crippen molar-refractivity contribution in [1.29, 1.82) is 0 Å². The van der Waals surface area contributed by atoms with E-state index in [4.69, 9.17) is 9.72 Å². The van der Waals surface area contributed by atoms with Gasteiger partial charge in [0.2, 0.25) is 0 Å². The predicted octanol–water partition coefficient (Wildman–Crippen LogP) is 17.1. The van der Waals surface area contributed by atoms with E-state index in [1.165, 1.54) is 50.2 Å². The van der Waals surface area contributed by atoms with Crippen molar-refractivity contribution in [3.05, 3.63) is 198 Å². The topological polar surface area (TPSA) is 31.8 Å². The molecule has 0 spiro atoms. The number of anilines is 7. The third-order valence-electron chi connectivity index (χ3n) is 13.1. The van der Waals surface area contributed by atoms with Crippen molar-refractivity contribution in [2.24, 2.45) is 0 Å². The number of hydrogen-bond donors (Lipinski definition) is 0. The maximum Gasteiger partial charge on any atom is 0.135 e. The molecular weight excluding hydrogens is 1000 g/mol. The molecule has 0 atom stereocenters. The molecule has 2 aliphatic heterocycles. The molecule has 8 aromatic rings. The SMILES string of the molecule is Cc1cc(C)c(-c2cc(C(C)C)c(N3[CH-]N(c4[c-]c(Oc5[c-]c6c(cc5)-c5ccccc5-c5ccccc5N6c5cc(C(C)(C)C)ccn5)ccc4)c4ccccc43)c(C(C)C)c2)c(C)c1.[Pt]. The van der Waals surface area contributed by atoms with Gasteiger partial charge in [-0.1, -0.05) is 132 Å². The van der Waals surface area contributed by atoms with Gasteiger partial charge in [0.15, 0.2) is 0 Å². The molecule has 2 aliphatic rings. The summed E-state index contributed by atoms with van der Waals surface area (Å²) in [5.41, 5.74) is 21.0. The van der Waals surface area contributed by atoms with Gasteiger partial charge in [0.1, 0.15) is 5.82 Å². The molecule has 0 radical (unpaired) electrons. The van der Waals surface area contributed by atoms with Gasteiger partial charge in [-0.2, -0.15) is 12.1 Å². The molecule has 67 heavy (non-hydrogen) atoms. The number of pyridine rings is 1. The van der Waals surface area contributed by atoms with Gasteiger partial charge in [-0.25, -0.2) is 4.98 Å². The van der Waals surface area contributed by atoms with Crippen molar-refractivity contribution in [2.45, 2.75) is 86.5 Å². The Morgan fingerprint density at radius 3 is 1.81 bits per heavy atom. The number of aryl methyl sites for hydroxylation is 3. The molecule has 0 N–H and O–H groups in total. The van der Waals surface area contributed by atoms with E-state index in [1.807, 2.05) is 24.4 Å². The van der Waals surface area contributed by atoms with Crippen LogP contribution < -0.4 is 19.4 Å². The van der Waals surface area contributed by atoms with Crippen molar-refractivity contribution >= 4 is 39.9 Å². The maximum atomic E-state index is 6.79. The first-order chi connectivity index (χ1) is 31.7. The van der Waals surface area contributed by atoms with E-state index in [2.05, 4.69) is 224 Å². The minimum absolute atomic E-state index is 0. The van der Waals surface area contributed by atoms with Crippen molar-refractivity contribution in [1.82, 2.24) is 4.98 Å². The molecule has 340 valence electrons. The number of rotatable bonds is 8. The standard InChI is InChI=1S/C61H57N4O.Pt/c1-38(2)52-32-43(59-41(6)30-40(5)31-42(59)7)33-53(39(3)4)60(52)64-37-63(55-24-15-16-25-56(55)64)45-18-17-19-46(35-45)66-47-26-27-51-49-21-12-11-20-48(49)50-22-13-14-23-54(50)65(57(51)36-47)58-34-44(28-29-62-58)61(8,9)10;/h11-34,37-39H,1-10H3;/q-3;. The molecule has 0 saturated carbocycles. The van der Waals surface area contributed by atoms with Gasteiger partial charge in [0.25, 0.3) is 0 Å². The van der Waals surface area contributed by atoms with Crippen LogP contribution in [0.2, 0.25) is 0 Å². The monoisotopic (exact) mass is 1060 g/mol. The van der Waals surface area contributed by atoms with Crippen LogP contribution in [0.5, 0.6) is 11.5 Å². The van der Waals surface area contributed by atoms with E-state index >= 15 is 0 Å². The van der Waals surface area contributed by atoms with Crippen molar-refractivity contribution < 1.29 is 25.8 Å². The molecule has 0 unspecified atom stereocenters. The molecule has 0 aliphatic carbocycles. The Labute approximate surface area is 412 Å². The minimum Gasteiger partial charge on any atom is -0.509 e. The predicted molar refractivity (Wildman–Crippen MR) is 276 cm³/mol. The second-order valence-corrected chi connectivity index (χ2v) is 19.6. The van der Waals surface area contributed by atoms with Crippen LogP contribution >= 0.6 is 0 Å². The molecule has 6 heteroatoms. The number of fused-ring (bicyclic) bond motifs is 6. The first kappa shape index (κ1) is 45.7.